The van der Waals surface area contributed by atoms with Crippen molar-refractivity contribution in [3.8, 4) is 0 Å². The van der Waals surface area contributed by atoms with Crippen LogP contribution in [-0.2, 0) is 43.2 Å². The van der Waals surface area contributed by atoms with E-state index in [-0.39, 0.29) is 29.3 Å². The van der Waals surface area contributed by atoms with Crippen molar-refractivity contribution in [3.05, 3.63) is 95.1 Å². The Balaban J connectivity index is 1.64. The minimum absolute atomic E-state index is 0.0615. The number of rotatable bonds is 16. The number of carbonyl (C=O) groups excluding carboxylic acids is 4. The van der Waals surface area contributed by atoms with Gasteiger partial charge in [0.05, 0.1) is 16.9 Å². The van der Waals surface area contributed by atoms with Crippen molar-refractivity contribution in [2.75, 3.05) is 18.0 Å². The summed E-state index contributed by atoms with van der Waals surface area (Å²) in [5, 5.41) is 27.6. The van der Waals surface area contributed by atoms with Gasteiger partial charge in [0, 0.05) is 32.9 Å². The van der Waals surface area contributed by atoms with Crippen LogP contribution in [0.25, 0.3) is 0 Å². The van der Waals surface area contributed by atoms with E-state index in [1.807, 2.05) is 30.3 Å². The zero-order valence-corrected chi connectivity index (χ0v) is 26.5. The lowest BCUT2D eigenvalue weighted by atomic mass is 9.99. The van der Waals surface area contributed by atoms with E-state index in [2.05, 4.69) is 16.0 Å². The van der Waals surface area contributed by atoms with Crippen LogP contribution in [0.15, 0.2) is 72.8 Å². The van der Waals surface area contributed by atoms with E-state index >= 15 is 0 Å². The van der Waals surface area contributed by atoms with Crippen molar-refractivity contribution < 1.29 is 39.0 Å². The van der Waals surface area contributed by atoms with Gasteiger partial charge in [-0.15, -0.1) is 0 Å². The molecule has 3 rings (SSSR count). The topological polar surface area (TPSA) is 182 Å². The number of hydrogen-bond acceptors (Lipinski definition) is 6. The Labute approximate surface area is 273 Å². The summed E-state index contributed by atoms with van der Waals surface area (Å²) in [5.74, 6) is -5.30. The standard InChI is InChI=1S/C35H40N4O8/c1-3-26-21-25(16-17-29(26)39(33(43)35(46)47)30-14-8-7-13-27(30)34(44)45)22-28(38-23(2)40)32(42)37-19-10-9-15-31(41)36-20-18-24-11-5-4-6-12-24/h4-8,11-14,16-17,21,28H,3,9-10,15,18-20,22H2,1-2H3,(H,36,41)(H,37,42)(H,38,40)(H,44,45)(H,46,47)/t28-/m0/s1. The Bertz CT molecular complexity index is 1590. The van der Waals surface area contributed by atoms with E-state index in [4.69, 9.17) is 0 Å². The van der Waals surface area contributed by atoms with Crippen molar-refractivity contribution in [2.45, 2.75) is 58.4 Å². The zero-order valence-electron chi connectivity index (χ0n) is 26.5. The van der Waals surface area contributed by atoms with E-state index in [1.54, 1.807) is 19.1 Å². The lowest BCUT2D eigenvalue weighted by molar-refractivity contribution is -0.148. The molecule has 0 unspecified atom stereocenters. The first-order chi connectivity index (χ1) is 22.5. The van der Waals surface area contributed by atoms with Gasteiger partial charge in [-0.25, -0.2) is 9.59 Å². The van der Waals surface area contributed by atoms with Crippen LogP contribution in [0.3, 0.4) is 0 Å². The van der Waals surface area contributed by atoms with Crippen molar-refractivity contribution in [1.29, 1.82) is 0 Å². The van der Waals surface area contributed by atoms with Crippen LogP contribution in [0.1, 0.15) is 60.2 Å². The van der Waals surface area contributed by atoms with Crippen LogP contribution in [0.2, 0.25) is 0 Å². The number of benzene rings is 3. The Morgan fingerprint density at radius 3 is 2.15 bits per heavy atom. The van der Waals surface area contributed by atoms with Crippen LogP contribution in [-0.4, -0.2) is 64.9 Å². The minimum Gasteiger partial charge on any atom is -0.478 e. The first-order valence-electron chi connectivity index (χ1n) is 15.4. The fourth-order valence-corrected chi connectivity index (χ4v) is 5.08. The molecule has 12 heteroatoms. The number of para-hydroxylation sites is 1. The normalized spacial score (nSPS) is 11.2. The number of nitrogens with zero attached hydrogens (tertiary/aromatic N) is 1. The maximum Gasteiger partial charge on any atom is 0.395 e. The Morgan fingerprint density at radius 2 is 1.49 bits per heavy atom. The summed E-state index contributed by atoms with van der Waals surface area (Å²) in [6.45, 7) is 3.94. The molecule has 248 valence electrons. The van der Waals surface area contributed by atoms with Gasteiger partial charge in [-0.1, -0.05) is 61.5 Å². The van der Waals surface area contributed by atoms with E-state index in [0.29, 0.717) is 49.9 Å². The summed E-state index contributed by atoms with van der Waals surface area (Å²) >= 11 is 0. The number of carbonyl (C=O) groups is 6. The maximum absolute atomic E-state index is 13.1. The molecule has 12 nitrogen and oxygen atoms in total. The number of aromatic carboxylic acids is 1. The van der Waals surface area contributed by atoms with Gasteiger partial charge in [-0.2, -0.15) is 0 Å². The van der Waals surface area contributed by atoms with Gasteiger partial charge in [-0.3, -0.25) is 24.1 Å². The summed E-state index contributed by atoms with van der Waals surface area (Å²) < 4.78 is 0. The fraction of sp³-hybridized carbons (Fsp3) is 0.314. The molecule has 0 aliphatic rings. The van der Waals surface area contributed by atoms with Crippen molar-refractivity contribution >= 4 is 46.9 Å². The predicted molar refractivity (Wildman–Crippen MR) is 175 cm³/mol. The number of nitrogens with one attached hydrogen (secondary N) is 3. The van der Waals surface area contributed by atoms with E-state index < -0.39 is 35.7 Å². The first-order valence-corrected chi connectivity index (χ1v) is 15.4. The molecule has 4 amide bonds. The number of unbranched alkanes of at least 4 members (excludes halogenated alkanes) is 1. The van der Waals surface area contributed by atoms with E-state index in [0.717, 1.165) is 16.9 Å². The molecule has 0 aliphatic heterocycles. The molecule has 1 atom stereocenters. The van der Waals surface area contributed by atoms with Gasteiger partial charge in [-0.05, 0) is 60.6 Å². The van der Waals surface area contributed by atoms with Gasteiger partial charge in [0.2, 0.25) is 17.7 Å². The molecule has 0 spiro atoms. The van der Waals surface area contributed by atoms with Crippen LogP contribution < -0.4 is 20.9 Å². The highest BCUT2D eigenvalue weighted by Gasteiger charge is 2.30. The quantitative estimate of drug-likeness (QED) is 0.116. The van der Waals surface area contributed by atoms with Gasteiger partial charge in [0.25, 0.3) is 0 Å². The molecule has 47 heavy (non-hydrogen) atoms. The van der Waals surface area contributed by atoms with Crippen molar-refractivity contribution in [2.24, 2.45) is 0 Å². The van der Waals surface area contributed by atoms with Gasteiger partial charge in [0.1, 0.15) is 6.04 Å². The SMILES string of the molecule is CCc1cc(C[C@H](NC(C)=O)C(=O)NCCCCC(=O)NCCc2ccccc2)ccc1N(C(=O)C(=O)O)c1ccccc1C(=O)O. The summed E-state index contributed by atoms with van der Waals surface area (Å²) in [7, 11) is 0. The summed E-state index contributed by atoms with van der Waals surface area (Å²) in [6, 6.07) is 19.3. The lowest BCUT2D eigenvalue weighted by Gasteiger charge is -2.26. The number of aliphatic carboxylic acids is 1. The number of carboxylic acid groups (broad SMARTS) is 2. The van der Waals surface area contributed by atoms with Crippen LogP contribution in [0, 0.1) is 0 Å². The second-order valence-electron chi connectivity index (χ2n) is 10.9. The Kier molecular flexibility index (Phi) is 13.6. The van der Waals surface area contributed by atoms with Gasteiger partial charge < -0.3 is 26.2 Å². The second kappa shape index (κ2) is 17.8. The molecular weight excluding hydrogens is 604 g/mol. The highest BCUT2D eigenvalue weighted by molar-refractivity contribution is 6.39. The highest BCUT2D eigenvalue weighted by Crippen LogP contribution is 2.33. The van der Waals surface area contributed by atoms with E-state index in [9.17, 15) is 39.0 Å². The van der Waals surface area contributed by atoms with Gasteiger partial charge >= 0.3 is 17.8 Å². The number of amides is 4. The average molecular weight is 645 g/mol. The largest absolute Gasteiger partial charge is 0.478 e. The van der Waals surface area contributed by atoms with Crippen molar-refractivity contribution in [3.63, 3.8) is 0 Å². The maximum atomic E-state index is 13.1. The number of aryl methyl sites for hydroxylation is 1. The van der Waals surface area contributed by atoms with Gasteiger partial charge in [0.15, 0.2) is 0 Å². The summed E-state index contributed by atoms with van der Waals surface area (Å²) in [5.41, 5.74) is 2.13. The second-order valence-corrected chi connectivity index (χ2v) is 10.9. The third-order valence-corrected chi connectivity index (χ3v) is 7.37. The Hall–Kier alpha value is -5.52. The molecule has 3 aromatic rings. The molecule has 0 fully saturated rings. The van der Waals surface area contributed by atoms with Crippen molar-refractivity contribution in [1.82, 2.24) is 16.0 Å². The van der Waals surface area contributed by atoms with Crippen LogP contribution in [0.4, 0.5) is 11.4 Å². The summed E-state index contributed by atoms with van der Waals surface area (Å²) in [4.78, 5) is 74.5. The molecule has 0 heterocycles. The Morgan fingerprint density at radius 1 is 0.787 bits per heavy atom. The summed E-state index contributed by atoms with van der Waals surface area (Å²) in [6.07, 6.45) is 2.64. The van der Waals surface area contributed by atoms with Crippen LogP contribution in [0.5, 0.6) is 0 Å². The van der Waals surface area contributed by atoms with Crippen LogP contribution >= 0.6 is 0 Å². The highest BCUT2D eigenvalue weighted by atomic mass is 16.4. The number of anilines is 2. The molecule has 0 aliphatic carbocycles. The molecular formula is C35H40N4O8. The fourth-order valence-electron chi connectivity index (χ4n) is 5.08. The number of carboxylic acids is 2. The molecule has 5 N–H and O–H groups in total. The average Bonchev–Trinajstić information content (AvgIpc) is 3.05. The molecule has 3 aromatic carbocycles. The zero-order chi connectivity index (χ0) is 34.3. The first kappa shape index (κ1) is 36.0. The molecule has 0 bridgehead atoms. The predicted octanol–water partition coefficient (Wildman–Crippen LogP) is 3.39. The number of hydrogen-bond donors (Lipinski definition) is 5. The molecule has 0 saturated carbocycles. The molecule has 0 aromatic heterocycles. The van der Waals surface area contributed by atoms with E-state index in [1.165, 1.54) is 37.3 Å². The lowest BCUT2D eigenvalue weighted by Crippen LogP contribution is -2.47. The monoisotopic (exact) mass is 644 g/mol. The molecule has 0 saturated heterocycles. The minimum atomic E-state index is -1.76. The molecule has 0 radical (unpaired) electrons. The smallest absolute Gasteiger partial charge is 0.395 e. The third-order valence-electron chi connectivity index (χ3n) is 7.37. The third kappa shape index (κ3) is 10.8.